The third-order valence-electron chi connectivity index (χ3n) is 4.17. The molecule has 0 saturated heterocycles. The SMILES string of the molecule is Cc1ccc(S(=O)(=O)NC2CC2)cc1C(=O)N(C)Cc1cnn(C)c1. The number of hydrogen-bond donors (Lipinski definition) is 1. The summed E-state index contributed by atoms with van der Waals surface area (Å²) in [5.74, 6) is -0.218. The highest BCUT2D eigenvalue weighted by Crippen LogP contribution is 2.23. The maximum Gasteiger partial charge on any atom is 0.254 e. The van der Waals surface area contributed by atoms with E-state index >= 15 is 0 Å². The molecule has 0 radical (unpaired) electrons. The van der Waals surface area contributed by atoms with E-state index in [2.05, 4.69) is 9.82 Å². The maximum absolute atomic E-state index is 12.8. The second-order valence-electron chi connectivity index (χ2n) is 6.56. The summed E-state index contributed by atoms with van der Waals surface area (Å²) in [5.41, 5.74) is 2.05. The van der Waals surface area contributed by atoms with Gasteiger partial charge in [-0.25, -0.2) is 13.1 Å². The van der Waals surface area contributed by atoms with Gasteiger partial charge in [-0.15, -0.1) is 0 Å². The monoisotopic (exact) mass is 362 g/mol. The number of amides is 1. The topological polar surface area (TPSA) is 84.3 Å². The molecule has 1 aliphatic rings. The van der Waals surface area contributed by atoms with Crippen LogP contribution in [0.2, 0.25) is 0 Å². The van der Waals surface area contributed by atoms with Gasteiger partial charge in [0.1, 0.15) is 0 Å². The Morgan fingerprint density at radius 1 is 1.40 bits per heavy atom. The summed E-state index contributed by atoms with van der Waals surface area (Å²) < 4.78 is 29.1. The molecule has 1 fully saturated rings. The molecule has 1 aromatic carbocycles. The van der Waals surface area contributed by atoms with E-state index in [-0.39, 0.29) is 16.8 Å². The van der Waals surface area contributed by atoms with Crippen LogP contribution >= 0.6 is 0 Å². The Hall–Kier alpha value is -2.19. The molecule has 1 amide bonds. The summed E-state index contributed by atoms with van der Waals surface area (Å²) in [4.78, 5) is 14.5. The average Bonchev–Trinajstić information content (AvgIpc) is 3.26. The van der Waals surface area contributed by atoms with Gasteiger partial charge in [0.05, 0.1) is 11.1 Å². The molecule has 0 spiro atoms. The third-order valence-corrected chi connectivity index (χ3v) is 5.69. The van der Waals surface area contributed by atoms with Crippen LogP contribution in [-0.4, -0.2) is 42.1 Å². The van der Waals surface area contributed by atoms with Crippen molar-refractivity contribution in [2.45, 2.75) is 37.2 Å². The average molecular weight is 362 g/mol. The first kappa shape index (κ1) is 17.6. The van der Waals surface area contributed by atoms with Gasteiger partial charge in [-0.1, -0.05) is 6.07 Å². The lowest BCUT2D eigenvalue weighted by Gasteiger charge is -2.18. The number of rotatable bonds is 6. The highest BCUT2D eigenvalue weighted by atomic mass is 32.2. The molecular weight excluding hydrogens is 340 g/mol. The predicted molar refractivity (Wildman–Crippen MR) is 93.5 cm³/mol. The lowest BCUT2D eigenvalue weighted by atomic mass is 10.1. The van der Waals surface area contributed by atoms with E-state index in [1.165, 1.54) is 12.1 Å². The van der Waals surface area contributed by atoms with Crippen molar-refractivity contribution in [1.82, 2.24) is 19.4 Å². The van der Waals surface area contributed by atoms with Gasteiger partial charge < -0.3 is 4.90 Å². The summed E-state index contributed by atoms with van der Waals surface area (Å²) in [7, 11) is -0.0761. The number of aryl methyl sites for hydroxylation is 2. The molecule has 1 aromatic heterocycles. The lowest BCUT2D eigenvalue weighted by molar-refractivity contribution is 0.0784. The normalized spacial score (nSPS) is 14.5. The molecule has 1 saturated carbocycles. The van der Waals surface area contributed by atoms with Crippen LogP contribution in [0.3, 0.4) is 0 Å². The number of hydrogen-bond acceptors (Lipinski definition) is 4. The van der Waals surface area contributed by atoms with E-state index < -0.39 is 10.0 Å². The molecule has 0 bridgehead atoms. The Kier molecular flexibility index (Phi) is 4.66. The number of nitrogens with one attached hydrogen (secondary N) is 1. The van der Waals surface area contributed by atoms with Crippen LogP contribution < -0.4 is 4.72 Å². The van der Waals surface area contributed by atoms with Crippen LogP contribution in [0.4, 0.5) is 0 Å². The molecule has 25 heavy (non-hydrogen) atoms. The van der Waals surface area contributed by atoms with E-state index in [0.717, 1.165) is 24.0 Å². The molecule has 1 N–H and O–H groups in total. The molecule has 1 heterocycles. The van der Waals surface area contributed by atoms with E-state index in [1.54, 1.807) is 35.8 Å². The van der Waals surface area contributed by atoms with Crippen LogP contribution in [-0.2, 0) is 23.6 Å². The van der Waals surface area contributed by atoms with Gasteiger partial charge in [0.15, 0.2) is 0 Å². The summed E-state index contributed by atoms with van der Waals surface area (Å²) in [6.07, 6.45) is 5.28. The molecule has 7 nitrogen and oxygen atoms in total. The van der Waals surface area contributed by atoms with E-state index in [4.69, 9.17) is 0 Å². The standard InChI is InChI=1S/C17H22N4O3S/c1-12-4-7-15(25(23,24)19-14-5-6-14)8-16(12)17(22)20(2)10-13-9-18-21(3)11-13/h4,7-9,11,14,19H,5-6,10H2,1-3H3. The molecule has 0 unspecified atom stereocenters. The van der Waals surface area contributed by atoms with Crippen LogP contribution in [0.5, 0.6) is 0 Å². The number of sulfonamides is 1. The van der Waals surface area contributed by atoms with Crippen LogP contribution in [0.15, 0.2) is 35.5 Å². The molecule has 1 aliphatic carbocycles. The zero-order chi connectivity index (χ0) is 18.2. The number of benzene rings is 1. The first-order valence-electron chi connectivity index (χ1n) is 8.12. The van der Waals surface area contributed by atoms with Gasteiger partial charge in [-0.3, -0.25) is 9.48 Å². The lowest BCUT2D eigenvalue weighted by Crippen LogP contribution is -2.28. The predicted octanol–water partition coefficient (Wildman–Crippen LogP) is 1.44. The second kappa shape index (κ2) is 6.61. The molecule has 2 aromatic rings. The Balaban J connectivity index is 1.82. The number of nitrogens with zero attached hydrogens (tertiary/aromatic N) is 3. The fraction of sp³-hybridized carbons (Fsp3) is 0.412. The number of carbonyl (C=O) groups is 1. The van der Waals surface area contributed by atoms with Crippen molar-refractivity contribution < 1.29 is 13.2 Å². The van der Waals surface area contributed by atoms with Gasteiger partial charge >= 0.3 is 0 Å². The Labute approximate surface area is 147 Å². The van der Waals surface area contributed by atoms with Crippen molar-refractivity contribution in [3.05, 3.63) is 47.3 Å². The smallest absolute Gasteiger partial charge is 0.254 e. The van der Waals surface area contributed by atoms with Crippen molar-refractivity contribution in [1.29, 1.82) is 0 Å². The van der Waals surface area contributed by atoms with Crippen LogP contribution in [0.1, 0.15) is 34.3 Å². The minimum atomic E-state index is -3.59. The van der Waals surface area contributed by atoms with Crippen LogP contribution in [0.25, 0.3) is 0 Å². The Bertz CT molecular complexity index is 900. The number of aromatic nitrogens is 2. The zero-order valence-corrected chi connectivity index (χ0v) is 15.4. The quantitative estimate of drug-likeness (QED) is 0.843. The summed E-state index contributed by atoms with van der Waals surface area (Å²) in [6.45, 7) is 2.21. The van der Waals surface area contributed by atoms with Gasteiger partial charge in [-0.2, -0.15) is 5.10 Å². The van der Waals surface area contributed by atoms with E-state index in [1.807, 2.05) is 13.2 Å². The Morgan fingerprint density at radius 2 is 2.12 bits per heavy atom. The minimum absolute atomic E-state index is 0.0266. The summed E-state index contributed by atoms with van der Waals surface area (Å²) in [6, 6.07) is 4.70. The molecular formula is C17H22N4O3S. The summed E-state index contributed by atoms with van der Waals surface area (Å²) >= 11 is 0. The van der Waals surface area contributed by atoms with Crippen LogP contribution in [0, 0.1) is 6.92 Å². The fourth-order valence-corrected chi connectivity index (χ4v) is 3.92. The second-order valence-corrected chi connectivity index (χ2v) is 8.27. The molecule has 8 heteroatoms. The Morgan fingerprint density at radius 3 is 2.72 bits per heavy atom. The van der Waals surface area contributed by atoms with Crippen molar-refractivity contribution in [3.63, 3.8) is 0 Å². The zero-order valence-electron chi connectivity index (χ0n) is 14.6. The molecule has 0 atom stereocenters. The largest absolute Gasteiger partial charge is 0.337 e. The summed E-state index contributed by atoms with van der Waals surface area (Å²) in [5, 5.41) is 4.09. The van der Waals surface area contributed by atoms with Crippen molar-refractivity contribution >= 4 is 15.9 Å². The van der Waals surface area contributed by atoms with Crippen molar-refractivity contribution in [3.8, 4) is 0 Å². The first-order valence-corrected chi connectivity index (χ1v) is 9.60. The van der Waals surface area contributed by atoms with E-state index in [9.17, 15) is 13.2 Å². The molecule has 3 rings (SSSR count). The van der Waals surface area contributed by atoms with Gasteiger partial charge in [0, 0.05) is 44.0 Å². The van der Waals surface area contributed by atoms with Crippen molar-refractivity contribution in [2.75, 3.05) is 7.05 Å². The van der Waals surface area contributed by atoms with Gasteiger partial charge in [0.2, 0.25) is 10.0 Å². The molecule has 0 aliphatic heterocycles. The fourth-order valence-electron chi connectivity index (χ4n) is 2.59. The number of carbonyl (C=O) groups excluding carboxylic acids is 1. The molecule has 134 valence electrons. The maximum atomic E-state index is 12.8. The van der Waals surface area contributed by atoms with Gasteiger partial charge in [0.25, 0.3) is 5.91 Å². The van der Waals surface area contributed by atoms with Crippen molar-refractivity contribution in [2.24, 2.45) is 7.05 Å². The van der Waals surface area contributed by atoms with Gasteiger partial charge in [-0.05, 0) is 37.5 Å². The third kappa shape index (κ3) is 4.08. The minimum Gasteiger partial charge on any atom is -0.337 e. The highest BCUT2D eigenvalue weighted by Gasteiger charge is 2.28. The first-order chi connectivity index (χ1) is 11.8. The highest BCUT2D eigenvalue weighted by molar-refractivity contribution is 7.89. The van der Waals surface area contributed by atoms with E-state index in [0.29, 0.717) is 12.1 Å².